The number of anilines is 1. The fourth-order valence-electron chi connectivity index (χ4n) is 6.43. The Hall–Kier alpha value is -3.46. The third kappa shape index (κ3) is 4.27. The van der Waals surface area contributed by atoms with Crippen molar-refractivity contribution >= 4 is 35.1 Å². The van der Waals surface area contributed by atoms with Gasteiger partial charge in [-0.05, 0) is 42.7 Å². The molecule has 1 N–H and O–H groups in total. The molecule has 2 saturated heterocycles. The van der Waals surface area contributed by atoms with Crippen molar-refractivity contribution in [2.24, 2.45) is 11.8 Å². The number of nitrogens with zero attached hydrogens (tertiary/aromatic N) is 2. The van der Waals surface area contributed by atoms with Gasteiger partial charge in [0.05, 0.1) is 31.3 Å². The van der Waals surface area contributed by atoms with Crippen LogP contribution >= 0.6 is 11.6 Å². The lowest BCUT2D eigenvalue weighted by Crippen LogP contribution is -2.58. The summed E-state index contributed by atoms with van der Waals surface area (Å²) in [4.78, 5) is 45.1. The van der Waals surface area contributed by atoms with Crippen LogP contribution in [0, 0.1) is 11.8 Å². The van der Waals surface area contributed by atoms with E-state index >= 15 is 0 Å². The molecule has 6 rings (SSSR count). The van der Waals surface area contributed by atoms with Gasteiger partial charge in [-0.1, -0.05) is 66.2 Å². The van der Waals surface area contributed by atoms with Crippen molar-refractivity contribution in [2.75, 3.05) is 24.7 Å². The average molecular weight is 549 g/mol. The number of aliphatic hydroxyl groups excluding tert-OH is 1. The molecule has 0 radical (unpaired) electrons. The minimum Gasteiger partial charge on any atom is -0.465 e. The van der Waals surface area contributed by atoms with Gasteiger partial charge in [-0.15, -0.1) is 0 Å². The van der Waals surface area contributed by atoms with E-state index < -0.39 is 47.5 Å². The second-order valence-electron chi connectivity index (χ2n) is 10.3. The highest BCUT2D eigenvalue weighted by Crippen LogP contribution is 2.54. The highest BCUT2D eigenvalue weighted by Gasteiger charge is 2.72. The number of halogens is 1. The molecule has 2 amide bonds. The maximum atomic E-state index is 14.5. The van der Waals surface area contributed by atoms with Crippen LogP contribution in [0.5, 0.6) is 0 Å². The number of ether oxygens (including phenoxy) is 2. The molecule has 1 spiro atoms. The maximum Gasteiger partial charge on any atom is 0.312 e. The van der Waals surface area contributed by atoms with Crippen LogP contribution in [0.2, 0.25) is 5.02 Å². The molecule has 2 aromatic carbocycles. The number of hydrogen-bond acceptors (Lipinski definition) is 6. The lowest BCUT2D eigenvalue weighted by Gasteiger charge is -2.38. The average Bonchev–Trinajstić information content (AvgIpc) is 3.32. The van der Waals surface area contributed by atoms with E-state index in [9.17, 15) is 19.5 Å². The normalized spacial score (nSPS) is 30.7. The number of carbonyl (C=O) groups excluding carboxylic acids is 3. The molecule has 2 fully saturated rings. The molecular formula is C30H29ClN2O6. The summed E-state index contributed by atoms with van der Waals surface area (Å²) in [7, 11) is 0. The van der Waals surface area contributed by atoms with Crippen molar-refractivity contribution in [1.29, 1.82) is 0 Å². The van der Waals surface area contributed by atoms with Gasteiger partial charge < -0.3 is 24.4 Å². The minimum absolute atomic E-state index is 0.214. The molecule has 4 aliphatic heterocycles. The molecule has 9 heteroatoms. The summed E-state index contributed by atoms with van der Waals surface area (Å²) < 4.78 is 12.1. The zero-order chi connectivity index (χ0) is 27.1. The Bertz CT molecular complexity index is 1330. The fourth-order valence-corrected chi connectivity index (χ4v) is 6.56. The quantitative estimate of drug-likeness (QED) is 0.456. The predicted molar refractivity (Wildman–Crippen MR) is 144 cm³/mol. The maximum absolute atomic E-state index is 14.5. The minimum atomic E-state index is -1.40. The number of benzene rings is 2. The number of aliphatic hydroxyl groups is 1. The highest BCUT2D eigenvalue weighted by atomic mass is 35.5. The topological polar surface area (TPSA) is 96.4 Å². The lowest BCUT2D eigenvalue weighted by molar-refractivity contribution is -0.155. The summed E-state index contributed by atoms with van der Waals surface area (Å²) in [6.07, 6.45) is 7.44. The van der Waals surface area contributed by atoms with E-state index in [1.165, 1.54) is 4.90 Å². The number of fused-ring (bicyclic) bond motifs is 2. The van der Waals surface area contributed by atoms with Gasteiger partial charge in [0.25, 0.3) is 5.91 Å². The summed E-state index contributed by atoms with van der Waals surface area (Å²) in [5.41, 5.74) is 0.130. The van der Waals surface area contributed by atoms with E-state index in [2.05, 4.69) is 0 Å². The molecule has 0 saturated carbocycles. The van der Waals surface area contributed by atoms with Gasteiger partial charge in [0.1, 0.15) is 17.6 Å². The van der Waals surface area contributed by atoms with Crippen molar-refractivity contribution < 1.29 is 29.0 Å². The van der Waals surface area contributed by atoms with E-state index in [4.69, 9.17) is 21.1 Å². The second kappa shape index (κ2) is 10.3. The Morgan fingerprint density at radius 1 is 1.03 bits per heavy atom. The number of esters is 1. The van der Waals surface area contributed by atoms with Crippen molar-refractivity contribution in [3.05, 3.63) is 89.5 Å². The summed E-state index contributed by atoms with van der Waals surface area (Å²) in [5, 5.41) is 11.1. The molecule has 0 bridgehead atoms. The first kappa shape index (κ1) is 25.8. The van der Waals surface area contributed by atoms with Crippen molar-refractivity contribution in [1.82, 2.24) is 4.90 Å². The van der Waals surface area contributed by atoms with Gasteiger partial charge >= 0.3 is 5.97 Å². The second-order valence-corrected chi connectivity index (χ2v) is 10.8. The Morgan fingerprint density at radius 3 is 2.54 bits per heavy atom. The smallest absolute Gasteiger partial charge is 0.312 e. The summed E-state index contributed by atoms with van der Waals surface area (Å²) in [6.45, 7) is 0.0945. The highest BCUT2D eigenvalue weighted by molar-refractivity contribution is 6.30. The number of cyclic esters (lactones) is 1. The largest absolute Gasteiger partial charge is 0.465 e. The van der Waals surface area contributed by atoms with Crippen LogP contribution in [-0.4, -0.2) is 71.3 Å². The van der Waals surface area contributed by atoms with Gasteiger partial charge in [-0.25, -0.2) is 0 Å². The molecule has 1 unspecified atom stereocenters. The monoisotopic (exact) mass is 548 g/mol. The molecule has 0 aromatic heterocycles. The predicted octanol–water partition coefficient (Wildman–Crippen LogP) is 2.93. The van der Waals surface area contributed by atoms with Crippen LogP contribution in [0.25, 0.3) is 0 Å². The first-order chi connectivity index (χ1) is 18.9. The van der Waals surface area contributed by atoms with Gasteiger partial charge in [0.2, 0.25) is 5.91 Å². The number of hydrogen-bond donors (Lipinski definition) is 1. The van der Waals surface area contributed by atoms with Gasteiger partial charge in [0, 0.05) is 17.3 Å². The number of rotatable bonds is 5. The van der Waals surface area contributed by atoms with Crippen LogP contribution in [0.4, 0.5) is 5.69 Å². The third-order valence-corrected chi connectivity index (χ3v) is 8.37. The van der Waals surface area contributed by atoms with E-state index in [1.807, 2.05) is 42.5 Å². The molecule has 0 aliphatic carbocycles. The van der Waals surface area contributed by atoms with Crippen LogP contribution in [0.1, 0.15) is 12.0 Å². The number of likely N-dealkylation sites (tertiary alicyclic amines) is 1. The van der Waals surface area contributed by atoms with Gasteiger partial charge in [-0.2, -0.15) is 0 Å². The summed E-state index contributed by atoms with van der Waals surface area (Å²) >= 11 is 6.10. The number of amides is 2. The fraction of sp³-hybridized carbons (Fsp3) is 0.367. The van der Waals surface area contributed by atoms with Gasteiger partial charge in [-0.3, -0.25) is 14.4 Å². The Labute approximate surface area is 231 Å². The Balaban J connectivity index is 1.47. The van der Waals surface area contributed by atoms with Gasteiger partial charge in [0.15, 0.2) is 0 Å². The van der Waals surface area contributed by atoms with E-state index in [0.717, 1.165) is 5.56 Å². The lowest BCUT2D eigenvalue weighted by atomic mass is 9.77. The van der Waals surface area contributed by atoms with E-state index in [-0.39, 0.29) is 25.7 Å². The molecule has 2 aromatic rings. The van der Waals surface area contributed by atoms with Crippen molar-refractivity contribution in [3.63, 3.8) is 0 Å². The van der Waals surface area contributed by atoms with Crippen molar-refractivity contribution in [3.8, 4) is 0 Å². The van der Waals surface area contributed by atoms with Crippen molar-refractivity contribution in [2.45, 2.75) is 36.6 Å². The van der Waals surface area contributed by atoms with Crippen LogP contribution in [0.15, 0.2) is 78.9 Å². The molecule has 8 nitrogen and oxygen atoms in total. The number of carbonyl (C=O) groups is 3. The van der Waals surface area contributed by atoms with Crippen LogP contribution in [-0.2, 0) is 30.3 Å². The Morgan fingerprint density at radius 2 is 1.79 bits per heavy atom. The van der Waals surface area contributed by atoms with E-state index in [1.54, 1.807) is 41.3 Å². The molecule has 6 atom stereocenters. The zero-order valence-electron chi connectivity index (χ0n) is 21.2. The van der Waals surface area contributed by atoms with Crippen LogP contribution < -0.4 is 4.90 Å². The molecule has 202 valence electrons. The summed E-state index contributed by atoms with van der Waals surface area (Å²) in [6, 6.07) is 14.6. The zero-order valence-corrected chi connectivity index (χ0v) is 21.9. The SMILES string of the molecule is O=C1OCCC=C[C@@H]2O[C@]34C=CCN(c5ccc(Cl)cc5)C(=O)C3N([C@@H](CO)Cc3ccccc3)C(=O)[C@@H]4[C@H]12. The first-order valence-corrected chi connectivity index (χ1v) is 13.5. The standard InChI is InChI=1S/C30H29ClN2O6/c31-20-10-12-21(13-11-20)32-15-6-14-30-25(24-23(39-30)9-4-5-16-38-29(24)37)27(35)33(26(30)28(32)36)22(18-34)17-19-7-2-1-3-8-19/h1-4,6-14,22-26,34H,5,15-18H2/t22-,23+,24-,25+,26?,30+/m1/s1. The summed E-state index contributed by atoms with van der Waals surface area (Å²) in [5.74, 6) is -3.14. The molecule has 39 heavy (non-hydrogen) atoms. The van der Waals surface area contributed by atoms with E-state index in [0.29, 0.717) is 23.6 Å². The first-order valence-electron chi connectivity index (χ1n) is 13.2. The van der Waals surface area contributed by atoms with Crippen LogP contribution in [0.3, 0.4) is 0 Å². The molecular weight excluding hydrogens is 520 g/mol. The molecule has 4 heterocycles. The molecule has 4 aliphatic rings. The Kier molecular flexibility index (Phi) is 6.79. The third-order valence-electron chi connectivity index (χ3n) is 8.12.